The molecule has 1 aliphatic heterocycles. The molecule has 0 saturated carbocycles. The highest BCUT2D eigenvalue weighted by Gasteiger charge is 2.34. The van der Waals surface area contributed by atoms with E-state index in [2.05, 4.69) is 5.32 Å². The van der Waals surface area contributed by atoms with Crippen LogP contribution in [0.1, 0.15) is 13.3 Å². The second-order valence-electron chi connectivity index (χ2n) is 3.44. The molecule has 0 unspecified atom stereocenters. The van der Waals surface area contributed by atoms with Gasteiger partial charge >= 0.3 is 5.97 Å². The van der Waals surface area contributed by atoms with Gasteiger partial charge in [0.2, 0.25) is 5.91 Å². The molecule has 2 N–H and O–H groups in total. The van der Waals surface area contributed by atoms with E-state index in [-0.39, 0.29) is 11.8 Å². The minimum absolute atomic E-state index is 0.0449. The highest BCUT2D eigenvalue weighted by Crippen LogP contribution is 2.16. The smallest absolute Gasteiger partial charge is 0.310 e. The fraction of sp³-hybridized carbons (Fsp3) is 0.778. The van der Waals surface area contributed by atoms with Crippen molar-refractivity contribution in [3.63, 3.8) is 0 Å². The van der Waals surface area contributed by atoms with E-state index in [1.54, 1.807) is 4.90 Å². The summed E-state index contributed by atoms with van der Waals surface area (Å²) in [4.78, 5) is 23.4. The first-order valence-electron chi connectivity index (χ1n) is 4.86. The maximum absolute atomic E-state index is 11.4. The number of aliphatic carboxylic acids is 1. The van der Waals surface area contributed by atoms with Crippen LogP contribution in [0.4, 0.5) is 0 Å². The summed E-state index contributed by atoms with van der Waals surface area (Å²) >= 11 is 0. The maximum Gasteiger partial charge on any atom is 0.310 e. The monoisotopic (exact) mass is 200 g/mol. The molecule has 1 fully saturated rings. The van der Waals surface area contributed by atoms with E-state index < -0.39 is 5.97 Å². The number of carboxylic acids is 1. The van der Waals surface area contributed by atoms with E-state index in [0.29, 0.717) is 26.1 Å². The molecule has 1 saturated heterocycles. The van der Waals surface area contributed by atoms with Crippen LogP contribution in [0.2, 0.25) is 0 Å². The van der Waals surface area contributed by atoms with Gasteiger partial charge in [0.05, 0.1) is 5.92 Å². The number of nitrogens with zero attached hydrogens (tertiary/aromatic N) is 1. The molecule has 5 heteroatoms. The zero-order valence-corrected chi connectivity index (χ0v) is 8.32. The summed E-state index contributed by atoms with van der Waals surface area (Å²) in [5, 5.41) is 11.6. The first-order valence-corrected chi connectivity index (χ1v) is 4.86. The molecule has 0 aromatic carbocycles. The Balaban J connectivity index is 2.13. The van der Waals surface area contributed by atoms with Crippen LogP contribution in [0, 0.1) is 5.92 Å². The molecule has 0 bridgehead atoms. The first-order chi connectivity index (χ1) is 6.65. The second-order valence-corrected chi connectivity index (χ2v) is 3.44. The molecule has 1 amide bonds. The van der Waals surface area contributed by atoms with E-state index in [0.717, 1.165) is 6.54 Å². The van der Waals surface area contributed by atoms with E-state index in [1.807, 2.05) is 6.92 Å². The van der Waals surface area contributed by atoms with Crippen molar-refractivity contribution in [2.45, 2.75) is 13.3 Å². The van der Waals surface area contributed by atoms with Gasteiger partial charge in [-0.05, 0) is 6.54 Å². The van der Waals surface area contributed by atoms with Gasteiger partial charge in [-0.15, -0.1) is 0 Å². The van der Waals surface area contributed by atoms with E-state index in [9.17, 15) is 9.59 Å². The zero-order valence-electron chi connectivity index (χ0n) is 8.32. The molecule has 0 aromatic heterocycles. The molecule has 0 atom stereocenters. The molecule has 0 aliphatic carbocycles. The number of hydrogen-bond acceptors (Lipinski definition) is 3. The lowest BCUT2D eigenvalue weighted by atomic mass is 10.0. The normalized spacial score (nSPS) is 16.5. The number of hydrogen-bond donors (Lipinski definition) is 2. The molecule has 1 aliphatic rings. The topological polar surface area (TPSA) is 69.6 Å². The quantitative estimate of drug-likeness (QED) is 0.589. The lowest BCUT2D eigenvalue weighted by Gasteiger charge is -2.36. The van der Waals surface area contributed by atoms with Crippen molar-refractivity contribution in [2.75, 3.05) is 26.2 Å². The highest BCUT2D eigenvalue weighted by atomic mass is 16.4. The predicted octanol–water partition coefficient (Wildman–Crippen LogP) is -0.471. The van der Waals surface area contributed by atoms with Crippen molar-refractivity contribution < 1.29 is 14.7 Å². The molecule has 1 rings (SSSR count). The van der Waals surface area contributed by atoms with Crippen LogP contribution in [-0.2, 0) is 9.59 Å². The third-order valence-electron chi connectivity index (χ3n) is 2.35. The van der Waals surface area contributed by atoms with Gasteiger partial charge in [0.1, 0.15) is 0 Å². The van der Waals surface area contributed by atoms with Gasteiger partial charge in [-0.1, -0.05) is 6.92 Å². The van der Waals surface area contributed by atoms with Crippen LogP contribution in [-0.4, -0.2) is 48.1 Å². The van der Waals surface area contributed by atoms with Crippen molar-refractivity contribution >= 4 is 11.9 Å². The third-order valence-corrected chi connectivity index (χ3v) is 2.35. The van der Waals surface area contributed by atoms with E-state index in [4.69, 9.17) is 5.11 Å². The molecule has 1 heterocycles. The van der Waals surface area contributed by atoms with Crippen molar-refractivity contribution in [3.8, 4) is 0 Å². The minimum atomic E-state index is -0.805. The highest BCUT2D eigenvalue weighted by molar-refractivity contribution is 5.81. The summed E-state index contributed by atoms with van der Waals surface area (Å²) in [6.07, 6.45) is 0.459. The molecule has 0 radical (unpaired) electrons. The van der Waals surface area contributed by atoms with Crippen LogP contribution < -0.4 is 5.32 Å². The molecule has 0 spiro atoms. The van der Waals surface area contributed by atoms with Gasteiger partial charge in [-0.2, -0.15) is 0 Å². The van der Waals surface area contributed by atoms with Gasteiger partial charge in [0.25, 0.3) is 0 Å². The van der Waals surface area contributed by atoms with Gasteiger partial charge in [0, 0.05) is 26.1 Å². The Kier molecular flexibility index (Phi) is 3.88. The molecule has 5 nitrogen and oxygen atoms in total. The Morgan fingerprint density at radius 2 is 2.14 bits per heavy atom. The molecule has 0 aromatic rings. The lowest BCUT2D eigenvalue weighted by molar-refractivity contribution is -0.152. The fourth-order valence-corrected chi connectivity index (χ4v) is 1.37. The standard InChI is InChI=1S/C9H16N2O3/c1-2-10-4-3-8(12)11-5-7(6-11)9(13)14/h7,10H,2-6H2,1H3,(H,13,14). The lowest BCUT2D eigenvalue weighted by Crippen LogP contribution is -2.53. The summed E-state index contributed by atoms with van der Waals surface area (Å²) in [5.41, 5.74) is 0. The van der Waals surface area contributed by atoms with Crippen molar-refractivity contribution in [2.24, 2.45) is 5.92 Å². The third kappa shape index (κ3) is 2.70. The Labute approximate surface area is 83.1 Å². The number of nitrogens with one attached hydrogen (secondary N) is 1. The number of likely N-dealkylation sites (tertiary alicyclic amines) is 1. The van der Waals surface area contributed by atoms with Crippen LogP contribution >= 0.6 is 0 Å². The number of carboxylic acid groups (broad SMARTS) is 1. The van der Waals surface area contributed by atoms with Crippen molar-refractivity contribution in [1.82, 2.24) is 10.2 Å². The molecular formula is C9H16N2O3. The summed E-state index contributed by atoms with van der Waals surface area (Å²) in [6.45, 7) is 4.25. The number of carbonyl (C=O) groups excluding carboxylic acids is 1. The van der Waals surface area contributed by atoms with Gasteiger partial charge in [-0.3, -0.25) is 9.59 Å². The van der Waals surface area contributed by atoms with Gasteiger partial charge < -0.3 is 15.3 Å². The number of carbonyl (C=O) groups is 2. The predicted molar refractivity (Wildman–Crippen MR) is 50.9 cm³/mol. The largest absolute Gasteiger partial charge is 0.481 e. The molecular weight excluding hydrogens is 184 g/mol. The fourth-order valence-electron chi connectivity index (χ4n) is 1.37. The van der Waals surface area contributed by atoms with Gasteiger partial charge in [0.15, 0.2) is 0 Å². The Morgan fingerprint density at radius 3 is 2.64 bits per heavy atom. The Morgan fingerprint density at radius 1 is 1.50 bits per heavy atom. The maximum atomic E-state index is 11.4. The molecule has 14 heavy (non-hydrogen) atoms. The van der Waals surface area contributed by atoms with Crippen LogP contribution in [0.5, 0.6) is 0 Å². The van der Waals surface area contributed by atoms with Crippen molar-refractivity contribution in [3.05, 3.63) is 0 Å². The summed E-state index contributed by atoms with van der Waals surface area (Å²) < 4.78 is 0. The summed E-state index contributed by atoms with van der Waals surface area (Å²) in [5.74, 6) is -1.11. The van der Waals surface area contributed by atoms with Crippen molar-refractivity contribution in [1.29, 1.82) is 0 Å². The Bertz CT molecular complexity index is 224. The minimum Gasteiger partial charge on any atom is -0.481 e. The average Bonchev–Trinajstić information content (AvgIpc) is 2.01. The zero-order chi connectivity index (χ0) is 10.6. The number of amides is 1. The van der Waals surface area contributed by atoms with E-state index >= 15 is 0 Å². The van der Waals surface area contributed by atoms with Gasteiger partial charge in [-0.25, -0.2) is 0 Å². The molecule has 80 valence electrons. The first kappa shape index (κ1) is 11.0. The summed E-state index contributed by atoms with van der Waals surface area (Å²) in [6, 6.07) is 0. The number of rotatable bonds is 5. The second kappa shape index (κ2) is 4.95. The summed E-state index contributed by atoms with van der Waals surface area (Å²) in [7, 11) is 0. The van der Waals surface area contributed by atoms with Crippen LogP contribution in [0.25, 0.3) is 0 Å². The van der Waals surface area contributed by atoms with Crippen LogP contribution in [0.3, 0.4) is 0 Å². The SMILES string of the molecule is CCNCCC(=O)N1CC(C(=O)O)C1. The average molecular weight is 200 g/mol. The van der Waals surface area contributed by atoms with Crippen LogP contribution in [0.15, 0.2) is 0 Å². The van der Waals surface area contributed by atoms with E-state index in [1.165, 1.54) is 0 Å². The Hall–Kier alpha value is -1.10.